The molecule has 2 aromatic carbocycles. The van der Waals surface area contributed by atoms with Gasteiger partial charge in [-0.3, -0.25) is 0 Å². The minimum Gasteiger partial charge on any atom is -0.497 e. The molecule has 21 heavy (non-hydrogen) atoms. The van der Waals surface area contributed by atoms with Crippen molar-refractivity contribution in [1.29, 1.82) is 0 Å². The summed E-state index contributed by atoms with van der Waals surface area (Å²) in [5.74, 6) is 0.694. The fourth-order valence-electron chi connectivity index (χ4n) is 2.55. The molecule has 2 aromatic rings. The van der Waals surface area contributed by atoms with Crippen LogP contribution in [0.15, 0.2) is 42.5 Å². The predicted octanol–water partition coefficient (Wildman–Crippen LogP) is 4.04. The Labute approximate surface area is 126 Å². The highest BCUT2D eigenvalue weighted by Crippen LogP contribution is 2.22. The van der Waals surface area contributed by atoms with Crippen molar-refractivity contribution < 1.29 is 9.13 Å². The van der Waals surface area contributed by atoms with Crippen molar-refractivity contribution in [3.05, 3.63) is 65.0 Å². The van der Waals surface area contributed by atoms with Gasteiger partial charge in [0.05, 0.1) is 7.11 Å². The second-order valence-electron chi connectivity index (χ2n) is 5.29. The van der Waals surface area contributed by atoms with Gasteiger partial charge in [0.2, 0.25) is 0 Å². The molecule has 1 atom stereocenters. The summed E-state index contributed by atoms with van der Waals surface area (Å²) < 4.78 is 18.7. The maximum absolute atomic E-state index is 13.5. The highest BCUT2D eigenvalue weighted by molar-refractivity contribution is 5.29. The summed E-state index contributed by atoms with van der Waals surface area (Å²) in [7, 11) is 3.58. The molecule has 3 heteroatoms. The number of rotatable bonds is 6. The third-order valence-electron chi connectivity index (χ3n) is 3.70. The number of aryl methyl sites for hydroxylation is 2. The summed E-state index contributed by atoms with van der Waals surface area (Å²) in [5.41, 5.74) is 3.21. The molecule has 0 aliphatic heterocycles. The number of methoxy groups -OCH3 is 1. The topological polar surface area (TPSA) is 21.3 Å². The second-order valence-corrected chi connectivity index (χ2v) is 5.29. The maximum atomic E-state index is 13.5. The minimum absolute atomic E-state index is 0.154. The van der Waals surface area contributed by atoms with E-state index in [2.05, 4.69) is 17.4 Å². The molecule has 1 unspecified atom stereocenters. The average Bonchev–Trinajstić information content (AvgIpc) is 2.47. The minimum atomic E-state index is -0.172. The van der Waals surface area contributed by atoms with Crippen LogP contribution in [0.4, 0.5) is 4.39 Å². The number of halogens is 1. The van der Waals surface area contributed by atoms with Gasteiger partial charge in [-0.15, -0.1) is 0 Å². The van der Waals surface area contributed by atoms with Crippen LogP contribution in [0.25, 0.3) is 0 Å². The molecule has 0 fully saturated rings. The molecule has 0 aromatic heterocycles. The number of ether oxygens (including phenoxy) is 1. The summed E-state index contributed by atoms with van der Waals surface area (Å²) in [6.45, 7) is 1.92. The van der Waals surface area contributed by atoms with Crippen LogP contribution in [-0.4, -0.2) is 14.2 Å². The molecule has 1 N–H and O–H groups in total. The van der Waals surface area contributed by atoms with Gasteiger partial charge in [0.25, 0.3) is 0 Å². The first-order valence-corrected chi connectivity index (χ1v) is 7.19. The van der Waals surface area contributed by atoms with E-state index in [1.54, 1.807) is 19.2 Å². The van der Waals surface area contributed by atoms with Crippen molar-refractivity contribution in [3.63, 3.8) is 0 Å². The van der Waals surface area contributed by atoms with Crippen molar-refractivity contribution in [2.24, 2.45) is 0 Å². The zero-order valence-electron chi connectivity index (χ0n) is 12.8. The van der Waals surface area contributed by atoms with Crippen molar-refractivity contribution in [2.45, 2.75) is 25.8 Å². The van der Waals surface area contributed by atoms with Crippen molar-refractivity contribution >= 4 is 0 Å². The van der Waals surface area contributed by atoms with E-state index in [1.807, 2.05) is 32.2 Å². The molecular formula is C18H22FNO. The molecule has 0 amide bonds. The van der Waals surface area contributed by atoms with Crippen LogP contribution in [0.1, 0.15) is 29.2 Å². The fourth-order valence-corrected chi connectivity index (χ4v) is 2.55. The van der Waals surface area contributed by atoms with E-state index in [-0.39, 0.29) is 11.9 Å². The second kappa shape index (κ2) is 7.23. The van der Waals surface area contributed by atoms with Crippen LogP contribution in [0.5, 0.6) is 5.75 Å². The van der Waals surface area contributed by atoms with Crippen molar-refractivity contribution in [3.8, 4) is 5.75 Å². The van der Waals surface area contributed by atoms with Gasteiger partial charge >= 0.3 is 0 Å². The lowest BCUT2D eigenvalue weighted by Gasteiger charge is -2.17. The standard InChI is InChI=1S/C18H22FNO/c1-13-10-15(12-16(19)11-13)18(20-2)9-6-14-4-7-17(21-3)8-5-14/h4-5,7-8,10-12,18,20H,6,9H2,1-3H3. The van der Waals surface area contributed by atoms with Crippen LogP contribution in [-0.2, 0) is 6.42 Å². The molecule has 0 heterocycles. The molecule has 0 aliphatic rings. The van der Waals surface area contributed by atoms with Gasteiger partial charge in [-0.05, 0) is 67.8 Å². The van der Waals surface area contributed by atoms with Crippen LogP contribution < -0.4 is 10.1 Å². The Balaban J connectivity index is 2.04. The molecular weight excluding hydrogens is 265 g/mol. The summed E-state index contributed by atoms with van der Waals surface area (Å²) in [5, 5.41) is 3.27. The highest BCUT2D eigenvalue weighted by atomic mass is 19.1. The van der Waals surface area contributed by atoms with Gasteiger partial charge in [-0.25, -0.2) is 4.39 Å². The highest BCUT2D eigenvalue weighted by Gasteiger charge is 2.11. The maximum Gasteiger partial charge on any atom is 0.123 e. The van der Waals surface area contributed by atoms with E-state index < -0.39 is 0 Å². The molecule has 0 saturated carbocycles. The molecule has 0 aliphatic carbocycles. The zero-order valence-corrected chi connectivity index (χ0v) is 12.8. The molecule has 0 bridgehead atoms. The van der Waals surface area contributed by atoms with E-state index >= 15 is 0 Å². The number of hydrogen-bond donors (Lipinski definition) is 1. The quantitative estimate of drug-likeness (QED) is 0.866. The monoisotopic (exact) mass is 287 g/mol. The molecule has 112 valence electrons. The normalized spacial score (nSPS) is 12.2. The summed E-state index contributed by atoms with van der Waals surface area (Å²) in [6, 6.07) is 13.4. The summed E-state index contributed by atoms with van der Waals surface area (Å²) in [6.07, 6.45) is 1.86. The predicted molar refractivity (Wildman–Crippen MR) is 84.3 cm³/mol. The lowest BCUT2D eigenvalue weighted by molar-refractivity contribution is 0.414. The number of hydrogen-bond acceptors (Lipinski definition) is 2. The Bertz CT molecular complexity index is 560. The van der Waals surface area contributed by atoms with Crippen LogP contribution in [0.3, 0.4) is 0 Å². The number of nitrogens with one attached hydrogen (secondary N) is 1. The molecule has 2 rings (SSSR count). The van der Waals surface area contributed by atoms with Crippen molar-refractivity contribution in [1.82, 2.24) is 5.32 Å². The third kappa shape index (κ3) is 4.30. The SMILES string of the molecule is CNC(CCc1ccc(OC)cc1)c1cc(C)cc(F)c1. The van der Waals surface area contributed by atoms with E-state index in [0.717, 1.165) is 29.7 Å². The summed E-state index contributed by atoms with van der Waals surface area (Å²) >= 11 is 0. The Morgan fingerprint density at radius 2 is 1.86 bits per heavy atom. The van der Waals surface area contributed by atoms with Gasteiger partial charge in [0, 0.05) is 6.04 Å². The Morgan fingerprint density at radius 1 is 1.14 bits per heavy atom. The van der Waals surface area contributed by atoms with Gasteiger partial charge < -0.3 is 10.1 Å². The number of benzene rings is 2. The third-order valence-corrected chi connectivity index (χ3v) is 3.70. The van der Waals surface area contributed by atoms with Crippen molar-refractivity contribution in [2.75, 3.05) is 14.2 Å². The van der Waals surface area contributed by atoms with E-state index in [0.29, 0.717) is 0 Å². The molecule has 0 radical (unpaired) electrons. The first-order chi connectivity index (χ1) is 10.1. The smallest absolute Gasteiger partial charge is 0.123 e. The summed E-state index contributed by atoms with van der Waals surface area (Å²) in [4.78, 5) is 0. The van der Waals surface area contributed by atoms with Gasteiger partial charge in [-0.1, -0.05) is 18.2 Å². The van der Waals surface area contributed by atoms with E-state index in [1.165, 1.54) is 5.56 Å². The fraction of sp³-hybridized carbons (Fsp3) is 0.333. The molecule has 0 spiro atoms. The largest absolute Gasteiger partial charge is 0.497 e. The Hall–Kier alpha value is -1.87. The van der Waals surface area contributed by atoms with Gasteiger partial charge in [0.1, 0.15) is 11.6 Å². The Morgan fingerprint density at radius 3 is 2.43 bits per heavy atom. The zero-order chi connectivity index (χ0) is 15.2. The van der Waals surface area contributed by atoms with Crippen LogP contribution in [0, 0.1) is 12.7 Å². The lowest BCUT2D eigenvalue weighted by Crippen LogP contribution is -2.17. The lowest BCUT2D eigenvalue weighted by atomic mass is 9.97. The van der Waals surface area contributed by atoms with Gasteiger partial charge in [0.15, 0.2) is 0 Å². The Kier molecular flexibility index (Phi) is 5.34. The molecule has 0 saturated heterocycles. The first-order valence-electron chi connectivity index (χ1n) is 7.19. The van der Waals surface area contributed by atoms with Gasteiger partial charge in [-0.2, -0.15) is 0 Å². The first kappa shape index (κ1) is 15.5. The van der Waals surface area contributed by atoms with Crippen LogP contribution in [0.2, 0.25) is 0 Å². The molecule has 2 nitrogen and oxygen atoms in total. The van der Waals surface area contributed by atoms with E-state index in [4.69, 9.17) is 4.74 Å². The average molecular weight is 287 g/mol. The van der Waals surface area contributed by atoms with Crippen LogP contribution >= 0.6 is 0 Å². The van der Waals surface area contributed by atoms with E-state index in [9.17, 15) is 4.39 Å².